The first-order valence-corrected chi connectivity index (χ1v) is 7.69. The SMILES string of the molecule is Cc1cc(S(=O)(=O)CCCn2ccnc2)ccc1N. The highest BCUT2D eigenvalue weighted by molar-refractivity contribution is 7.91. The number of aromatic nitrogens is 2. The topological polar surface area (TPSA) is 78.0 Å². The Morgan fingerprint density at radius 1 is 1.37 bits per heavy atom. The predicted molar refractivity (Wildman–Crippen MR) is 74.5 cm³/mol. The van der Waals surface area contributed by atoms with Gasteiger partial charge in [-0.1, -0.05) is 0 Å². The fraction of sp³-hybridized carbons (Fsp3) is 0.308. The zero-order chi connectivity index (χ0) is 13.9. The Bertz CT molecular complexity index is 649. The maximum Gasteiger partial charge on any atom is 0.178 e. The van der Waals surface area contributed by atoms with Crippen molar-refractivity contribution in [2.24, 2.45) is 0 Å². The fourth-order valence-corrected chi connectivity index (χ4v) is 3.19. The molecule has 0 aliphatic rings. The molecule has 0 unspecified atom stereocenters. The number of imidazole rings is 1. The molecule has 1 aromatic heterocycles. The van der Waals surface area contributed by atoms with Crippen LogP contribution in [0.5, 0.6) is 0 Å². The summed E-state index contributed by atoms with van der Waals surface area (Å²) in [5, 5.41) is 0. The number of hydrogen-bond donors (Lipinski definition) is 1. The van der Waals surface area contributed by atoms with E-state index >= 15 is 0 Å². The highest BCUT2D eigenvalue weighted by Gasteiger charge is 2.14. The Morgan fingerprint density at radius 2 is 2.16 bits per heavy atom. The third-order valence-corrected chi connectivity index (χ3v) is 4.79. The Labute approximate surface area is 113 Å². The van der Waals surface area contributed by atoms with E-state index in [1.165, 1.54) is 0 Å². The van der Waals surface area contributed by atoms with Gasteiger partial charge in [0.15, 0.2) is 9.84 Å². The summed E-state index contributed by atoms with van der Waals surface area (Å²) < 4.78 is 26.2. The van der Waals surface area contributed by atoms with Crippen molar-refractivity contribution in [3.63, 3.8) is 0 Å². The number of sulfone groups is 1. The van der Waals surface area contributed by atoms with Gasteiger partial charge in [-0.3, -0.25) is 0 Å². The summed E-state index contributed by atoms with van der Waals surface area (Å²) in [6, 6.07) is 4.83. The van der Waals surface area contributed by atoms with Crippen LogP contribution in [0.2, 0.25) is 0 Å². The minimum absolute atomic E-state index is 0.120. The van der Waals surface area contributed by atoms with Gasteiger partial charge in [0.1, 0.15) is 0 Å². The Hall–Kier alpha value is -1.82. The average Bonchev–Trinajstić information content (AvgIpc) is 2.85. The summed E-state index contributed by atoms with van der Waals surface area (Å²) in [6.07, 6.45) is 5.74. The van der Waals surface area contributed by atoms with E-state index in [1.807, 2.05) is 10.8 Å². The van der Waals surface area contributed by atoms with Crippen LogP contribution in [0.3, 0.4) is 0 Å². The van der Waals surface area contributed by atoms with Crippen LogP contribution in [-0.4, -0.2) is 23.7 Å². The van der Waals surface area contributed by atoms with Crippen molar-refractivity contribution in [3.8, 4) is 0 Å². The smallest absolute Gasteiger partial charge is 0.178 e. The molecule has 0 aliphatic heterocycles. The van der Waals surface area contributed by atoms with Gasteiger partial charge in [-0.05, 0) is 37.1 Å². The minimum atomic E-state index is -3.24. The van der Waals surface area contributed by atoms with Crippen LogP contribution in [-0.2, 0) is 16.4 Å². The van der Waals surface area contributed by atoms with Gasteiger partial charge in [-0.15, -0.1) is 0 Å². The van der Waals surface area contributed by atoms with Gasteiger partial charge in [0, 0.05) is 24.6 Å². The number of rotatable bonds is 5. The zero-order valence-electron chi connectivity index (χ0n) is 10.8. The van der Waals surface area contributed by atoms with Crippen molar-refractivity contribution >= 4 is 15.5 Å². The third-order valence-electron chi connectivity index (χ3n) is 2.99. The van der Waals surface area contributed by atoms with Gasteiger partial charge in [0.25, 0.3) is 0 Å². The molecule has 0 spiro atoms. The summed E-state index contributed by atoms with van der Waals surface area (Å²) in [7, 11) is -3.24. The summed E-state index contributed by atoms with van der Waals surface area (Å²) >= 11 is 0. The molecule has 2 aromatic rings. The Balaban J connectivity index is 2.03. The molecule has 2 rings (SSSR count). The molecular formula is C13H17N3O2S. The second-order valence-electron chi connectivity index (χ2n) is 4.49. The number of benzene rings is 1. The lowest BCUT2D eigenvalue weighted by Gasteiger charge is -2.07. The quantitative estimate of drug-likeness (QED) is 0.844. The van der Waals surface area contributed by atoms with Crippen LogP contribution in [0.1, 0.15) is 12.0 Å². The molecule has 2 N–H and O–H groups in total. The van der Waals surface area contributed by atoms with Crippen LogP contribution in [0.15, 0.2) is 41.8 Å². The average molecular weight is 279 g/mol. The lowest BCUT2D eigenvalue weighted by Crippen LogP contribution is -2.10. The third kappa shape index (κ3) is 3.35. The first kappa shape index (κ1) is 13.6. The molecule has 0 fully saturated rings. The van der Waals surface area contributed by atoms with Crippen molar-refractivity contribution in [1.82, 2.24) is 9.55 Å². The van der Waals surface area contributed by atoms with E-state index in [-0.39, 0.29) is 5.75 Å². The van der Waals surface area contributed by atoms with E-state index in [1.54, 1.807) is 37.6 Å². The van der Waals surface area contributed by atoms with Gasteiger partial charge < -0.3 is 10.3 Å². The molecule has 0 amide bonds. The maximum atomic E-state index is 12.2. The van der Waals surface area contributed by atoms with E-state index in [4.69, 9.17) is 5.73 Å². The molecule has 1 heterocycles. The predicted octanol–water partition coefficient (Wildman–Crippen LogP) is 1.64. The molecule has 1 aromatic carbocycles. The van der Waals surface area contributed by atoms with Gasteiger partial charge >= 0.3 is 0 Å². The number of anilines is 1. The number of nitrogens with two attached hydrogens (primary N) is 1. The van der Waals surface area contributed by atoms with Crippen molar-refractivity contribution in [1.29, 1.82) is 0 Å². The number of nitrogens with zero attached hydrogens (tertiary/aromatic N) is 2. The molecule has 19 heavy (non-hydrogen) atoms. The molecule has 6 heteroatoms. The summed E-state index contributed by atoms with van der Waals surface area (Å²) in [6.45, 7) is 2.45. The van der Waals surface area contributed by atoms with Gasteiger partial charge in [-0.2, -0.15) is 0 Å². The van der Waals surface area contributed by atoms with E-state index in [9.17, 15) is 8.42 Å². The van der Waals surface area contributed by atoms with E-state index in [0.29, 0.717) is 23.5 Å². The highest BCUT2D eigenvalue weighted by atomic mass is 32.2. The molecule has 0 radical (unpaired) electrons. The molecule has 0 saturated heterocycles. The minimum Gasteiger partial charge on any atom is -0.399 e. The molecular weight excluding hydrogens is 262 g/mol. The molecule has 0 bridgehead atoms. The maximum absolute atomic E-state index is 12.2. The standard InChI is InChI=1S/C13H17N3O2S/c1-11-9-12(3-4-13(11)14)19(17,18)8-2-6-16-7-5-15-10-16/h3-5,7,9-10H,2,6,8,14H2,1H3. The van der Waals surface area contributed by atoms with Crippen LogP contribution >= 0.6 is 0 Å². The lowest BCUT2D eigenvalue weighted by atomic mass is 10.2. The van der Waals surface area contributed by atoms with Crippen LogP contribution < -0.4 is 5.73 Å². The molecule has 102 valence electrons. The monoisotopic (exact) mass is 279 g/mol. The Kier molecular flexibility index (Phi) is 3.90. The highest BCUT2D eigenvalue weighted by Crippen LogP contribution is 2.18. The fourth-order valence-electron chi connectivity index (χ4n) is 1.82. The van der Waals surface area contributed by atoms with Gasteiger partial charge in [0.2, 0.25) is 0 Å². The van der Waals surface area contributed by atoms with E-state index < -0.39 is 9.84 Å². The van der Waals surface area contributed by atoms with Crippen molar-refractivity contribution < 1.29 is 8.42 Å². The summed E-state index contributed by atoms with van der Waals surface area (Å²) in [5.74, 6) is 0.120. The molecule has 0 saturated carbocycles. The Morgan fingerprint density at radius 3 is 2.79 bits per heavy atom. The van der Waals surface area contributed by atoms with Crippen LogP contribution in [0.25, 0.3) is 0 Å². The molecule has 0 atom stereocenters. The number of aryl methyl sites for hydroxylation is 2. The van der Waals surface area contributed by atoms with Crippen LogP contribution in [0.4, 0.5) is 5.69 Å². The van der Waals surface area contributed by atoms with Crippen molar-refractivity contribution in [2.45, 2.75) is 24.8 Å². The largest absolute Gasteiger partial charge is 0.399 e. The second kappa shape index (κ2) is 5.44. The first-order valence-electron chi connectivity index (χ1n) is 6.04. The van der Waals surface area contributed by atoms with Crippen LogP contribution in [0, 0.1) is 6.92 Å². The first-order chi connectivity index (χ1) is 8.99. The van der Waals surface area contributed by atoms with E-state index in [2.05, 4.69) is 4.98 Å². The molecule has 5 nitrogen and oxygen atoms in total. The van der Waals surface area contributed by atoms with Crippen molar-refractivity contribution in [2.75, 3.05) is 11.5 Å². The normalized spacial score (nSPS) is 11.6. The molecule has 0 aliphatic carbocycles. The number of hydrogen-bond acceptors (Lipinski definition) is 4. The zero-order valence-corrected chi connectivity index (χ0v) is 11.6. The number of nitrogen functional groups attached to an aromatic ring is 1. The second-order valence-corrected chi connectivity index (χ2v) is 6.60. The van der Waals surface area contributed by atoms with Crippen molar-refractivity contribution in [3.05, 3.63) is 42.5 Å². The lowest BCUT2D eigenvalue weighted by molar-refractivity contribution is 0.586. The van der Waals surface area contributed by atoms with E-state index in [0.717, 1.165) is 5.56 Å². The van der Waals surface area contributed by atoms with Gasteiger partial charge in [-0.25, -0.2) is 13.4 Å². The van der Waals surface area contributed by atoms with Gasteiger partial charge in [0.05, 0.1) is 17.0 Å². The summed E-state index contributed by atoms with van der Waals surface area (Å²) in [5.41, 5.74) is 7.09. The summed E-state index contributed by atoms with van der Waals surface area (Å²) in [4.78, 5) is 4.25.